The van der Waals surface area contributed by atoms with E-state index in [9.17, 15) is 24.2 Å². The fourth-order valence-corrected chi connectivity index (χ4v) is 5.92. The first kappa shape index (κ1) is 25.4. The van der Waals surface area contributed by atoms with E-state index in [0.29, 0.717) is 23.7 Å². The van der Waals surface area contributed by atoms with Gasteiger partial charge in [0.2, 0.25) is 11.8 Å². The quantitative estimate of drug-likeness (QED) is 0.509. The van der Waals surface area contributed by atoms with Crippen molar-refractivity contribution >= 4 is 11.8 Å². The van der Waals surface area contributed by atoms with Gasteiger partial charge in [-0.2, -0.15) is 0 Å². The number of hydrogen-bond donors (Lipinski definition) is 3. The molecule has 4 unspecified atom stereocenters. The molecule has 1 fully saturated rings. The lowest BCUT2D eigenvalue weighted by Crippen LogP contribution is -2.55. The van der Waals surface area contributed by atoms with Gasteiger partial charge in [0.05, 0.1) is 18.6 Å². The molecular weight excluding hydrogens is 475 g/mol. The minimum Gasteiger partial charge on any atom is -0.486 e. The van der Waals surface area contributed by atoms with Crippen LogP contribution in [0.2, 0.25) is 0 Å². The van der Waals surface area contributed by atoms with Crippen molar-refractivity contribution in [1.29, 1.82) is 0 Å². The summed E-state index contributed by atoms with van der Waals surface area (Å²) >= 11 is 0. The van der Waals surface area contributed by atoms with E-state index >= 15 is 0 Å². The average Bonchev–Trinajstić information content (AvgIpc) is 3.56. The minimum atomic E-state index is -1.08. The Morgan fingerprint density at radius 3 is 2.54 bits per heavy atom. The van der Waals surface area contributed by atoms with Crippen LogP contribution in [0.25, 0.3) is 0 Å². The molecule has 3 aliphatic rings. The van der Waals surface area contributed by atoms with Crippen molar-refractivity contribution in [3.05, 3.63) is 77.1 Å². The first-order valence-electron chi connectivity index (χ1n) is 13.0. The summed E-state index contributed by atoms with van der Waals surface area (Å²) < 4.78 is 19.7. The number of aliphatic hydroxyl groups excluding tert-OH is 2. The van der Waals surface area contributed by atoms with Crippen LogP contribution >= 0.6 is 0 Å². The van der Waals surface area contributed by atoms with E-state index in [4.69, 9.17) is 4.74 Å². The molecule has 37 heavy (non-hydrogen) atoms. The lowest BCUT2D eigenvalue weighted by atomic mass is 9.77. The van der Waals surface area contributed by atoms with E-state index in [-0.39, 0.29) is 37.3 Å². The van der Waals surface area contributed by atoms with E-state index in [1.54, 1.807) is 29.2 Å². The zero-order valence-corrected chi connectivity index (χ0v) is 20.7. The third kappa shape index (κ3) is 5.26. The van der Waals surface area contributed by atoms with Crippen molar-refractivity contribution in [2.24, 2.45) is 5.92 Å². The fourth-order valence-electron chi connectivity index (χ4n) is 5.92. The van der Waals surface area contributed by atoms with E-state index in [1.165, 1.54) is 12.1 Å². The van der Waals surface area contributed by atoms with Gasteiger partial charge in [0.1, 0.15) is 23.8 Å². The van der Waals surface area contributed by atoms with Gasteiger partial charge in [-0.05, 0) is 48.6 Å². The lowest BCUT2D eigenvalue weighted by Gasteiger charge is -2.41. The standard InChI is InChI=1S/C29H33FN2O5/c30-20-11-9-19(10-12-20)17-32(25(34)15-18-5-1-2-6-18)23-16-22(29(36)31-13-14-33)26-21-7-3-4-8-24(21)37-28(26)27(23)35/h3-4,7-12,16,18,23,26-28,33,35H,1-2,5-6,13-15,17H2,(H,31,36). The van der Waals surface area contributed by atoms with Gasteiger partial charge in [-0.3, -0.25) is 9.59 Å². The van der Waals surface area contributed by atoms with E-state index < -0.39 is 24.2 Å². The Labute approximate surface area is 215 Å². The number of fused-ring (bicyclic) bond motifs is 3. The molecule has 0 spiro atoms. The summed E-state index contributed by atoms with van der Waals surface area (Å²) in [6, 6.07) is 12.5. The summed E-state index contributed by atoms with van der Waals surface area (Å²) in [6.45, 7) is 0.0476. The number of nitrogens with zero attached hydrogens (tertiary/aromatic N) is 1. The number of amides is 2. The fraction of sp³-hybridized carbons (Fsp3) is 0.448. The summed E-state index contributed by atoms with van der Waals surface area (Å²) in [4.78, 5) is 28.6. The van der Waals surface area contributed by atoms with Crippen molar-refractivity contribution in [2.75, 3.05) is 13.2 Å². The summed E-state index contributed by atoms with van der Waals surface area (Å²) in [5, 5.41) is 23.6. The molecule has 3 N–H and O–H groups in total. The molecule has 4 atom stereocenters. The molecule has 7 nitrogen and oxygen atoms in total. The van der Waals surface area contributed by atoms with Gasteiger partial charge < -0.3 is 25.2 Å². The molecule has 0 radical (unpaired) electrons. The van der Waals surface area contributed by atoms with Crippen molar-refractivity contribution in [3.63, 3.8) is 0 Å². The highest BCUT2D eigenvalue weighted by Gasteiger charge is 2.50. The van der Waals surface area contributed by atoms with Crippen LogP contribution < -0.4 is 10.1 Å². The Morgan fingerprint density at radius 1 is 1.08 bits per heavy atom. The number of ether oxygens (including phenoxy) is 1. The molecule has 8 heteroatoms. The monoisotopic (exact) mass is 508 g/mol. The minimum absolute atomic E-state index is 0.0865. The number of nitrogens with one attached hydrogen (secondary N) is 1. The van der Waals surface area contributed by atoms with Crippen LogP contribution in [0.5, 0.6) is 5.75 Å². The highest BCUT2D eigenvalue weighted by Crippen LogP contribution is 2.47. The second-order valence-corrected chi connectivity index (χ2v) is 10.2. The third-order valence-electron chi connectivity index (χ3n) is 7.76. The Morgan fingerprint density at radius 2 is 1.81 bits per heavy atom. The number of benzene rings is 2. The maximum Gasteiger partial charge on any atom is 0.247 e. The third-order valence-corrected chi connectivity index (χ3v) is 7.76. The molecule has 1 aliphatic heterocycles. The number of para-hydroxylation sites is 1. The maximum absolute atomic E-state index is 13.7. The molecule has 1 heterocycles. The Hall–Kier alpha value is -3.23. The van der Waals surface area contributed by atoms with Gasteiger partial charge in [-0.25, -0.2) is 4.39 Å². The van der Waals surface area contributed by atoms with Gasteiger partial charge in [0.15, 0.2) is 0 Å². The molecule has 2 aliphatic carbocycles. The molecule has 2 aromatic carbocycles. The predicted octanol–water partition coefficient (Wildman–Crippen LogP) is 3.06. The van der Waals surface area contributed by atoms with Crippen LogP contribution in [-0.2, 0) is 16.1 Å². The predicted molar refractivity (Wildman–Crippen MR) is 135 cm³/mol. The van der Waals surface area contributed by atoms with Crippen LogP contribution in [0.4, 0.5) is 4.39 Å². The van der Waals surface area contributed by atoms with Crippen LogP contribution in [-0.4, -0.2) is 58.3 Å². The molecule has 196 valence electrons. The second-order valence-electron chi connectivity index (χ2n) is 10.2. The molecule has 0 aromatic heterocycles. The maximum atomic E-state index is 13.7. The molecule has 2 amide bonds. The zero-order chi connectivity index (χ0) is 25.9. The molecule has 0 bridgehead atoms. The number of carbonyl (C=O) groups is 2. The van der Waals surface area contributed by atoms with Crippen LogP contribution in [0, 0.1) is 11.7 Å². The van der Waals surface area contributed by atoms with E-state index in [2.05, 4.69) is 5.32 Å². The van der Waals surface area contributed by atoms with E-state index in [0.717, 1.165) is 36.8 Å². The average molecular weight is 509 g/mol. The zero-order valence-electron chi connectivity index (χ0n) is 20.7. The largest absolute Gasteiger partial charge is 0.486 e. The molecule has 5 rings (SSSR count). The van der Waals surface area contributed by atoms with Gasteiger partial charge in [0, 0.05) is 30.6 Å². The first-order valence-corrected chi connectivity index (χ1v) is 13.0. The second kappa shape index (κ2) is 11.0. The summed E-state index contributed by atoms with van der Waals surface area (Å²) in [6.07, 6.45) is 4.41. The highest BCUT2D eigenvalue weighted by atomic mass is 19.1. The van der Waals surface area contributed by atoms with E-state index in [1.807, 2.05) is 18.2 Å². The number of halogens is 1. The number of carbonyl (C=O) groups excluding carboxylic acids is 2. The van der Waals surface area contributed by atoms with Crippen molar-refractivity contribution in [1.82, 2.24) is 10.2 Å². The molecular formula is C29H33FN2O5. The molecule has 0 saturated heterocycles. The SMILES string of the molecule is O=C(NCCO)C1=CC(N(Cc2ccc(F)cc2)C(=O)CC2CCCC2)C(O)C2Oc3ccccc3C12. The van der Waals surface area contributed by atoms with Gasteiger partial charge in [-0.15, -0.1) is 0 Å². The van der Waals surface area contributed by atoms with Gasteiger partial charge >= 0.3 is 0 Å². The first-order chi connectivity index (χ1) is 18.0. The van der Waals surface area contributed by atoms with Crippen molar-refractivity contribution in [2.45, 2.75) is 62.8 Å². The van der Waals surface area contributed by atoms with Crippen LogP contribution in [0.15, 0.2) is 60.2 Å². The number of aliphatic hydroxyl groups is 2. The Kier molecular flexibility index (Phi) is 7.58. The Bertz CT molecular complexity index is 1160. The highest BCUT2D eigenvalue weighted by molar-refractivity contribution is 5.96. The van der Waals surface area contributed by atoms with Gasteiger partial charge in [-0.1, -0.05) is 43.2 Å². The normalized spacial score (nSPS) is 24.6. The van der Waals surface area contributed by atoms with Crippen molar-refractivity contribution in [3.8, 4) is 5.75 Å². The number of hydrogen-bond acceptors (Lipinski definition) is 5. The smallest absolute Gasteiger partial charge is 0.247 e. The van der Waals surface area contributed by atoms with Gasteiger partial charge in [0.25, 0.3) is 0 Å². The molecule has 2 aromatic rings. The summed E-state index contributed by atoms with van der Waals surface area (Å²) in [7, 11) is 0. The van der Waals surface area contributed by atoms with Crippen molar-refractivity contribution < 1.29 is 28.9 Å². The summed E-state index contributed by atoms with van der Waals surface area (Å²) in [5.41, 5.74) is 1.93. The topological polar surface area (TPSA) is 99.1 Å². The van der Waals surface area contributed by atoms with Crippen LogP contribution in [0.1, 0.15) is 49.1 Å². The molecule has 1 saturated carbocycles. The van der Waals surface area contributed by atoms with Crippen LogP contribution in [0.3, 0.4) is 0 Å². The lowest BCUT2D eigenvalue weighted by molar-refractivity contribution is -0.139. The summed E-state index contributed by atoms with van der Waals surface area (Å²) in [5.74, 6) is -0.459. The Balaban J connectivity index is 1.52. The number of rotatable bonds is 8.